The third kappa shape index (κ3) is 5.28. The third-order valence-corrected chi connectivity index (χ3v) is 3.64. The lowest BCUT2D eigenvalue weighted by atomic mass is 10.2. The highest BCUT2D eigenvalue weighted by Crippen LogP contribution is 2.06. The number of likely N-dealkylation sites (N-methyl/N-ethyl adjacent to an activating group) is 1. The lowest BCUT2D eigenvalue weighted by molar-refractivity contribution is 0.267. The topological polar surface area (TPSA) is 18.5 Å². The van der Waals surface area contributed by atoms with Crippen LogP contribution >= 0.6 is 0 Å². The average Bonchev–Trinajstić information content (AvgIpc) is 2.63. The minimum absolute atomic E-state index is 0.677. The molecular formula is C13H29N3. The molecule has 0 aromatic carbocycles. The van der Waals surface area contributed by atoms with Gasteiger partial charge in [0.2, 0.25) is 0 Å². The van der Waals surface area contributed by atoms with Gasteiger partial charge in [-0.2, -0.15) is 0 Å². The van der Waals surface area contributed by atoms with Crippen LogP contribution in [0.25, 0.3) is 0 Å². The molecule has 16 heavy (non-hydrogen) atoms. The second-order valence-corrected chi connectivity index (χ2v) is 5.48. The molecule has 1 saturated heterocycles. The molecule has 0 bridgehead atoms. The number of nitrogens with one attached hydrogen (secondary N) is 1. The molecule has 0 saturated carbocycles. The van der Waals surface area contributed by atoms with Crippen molar-refractivity contribution in [3.8, 4) is 0 Å². The van der Waals surface area contributed by atoms with E-state index in [0.717, 1.165) is 6.04 Å². The molecule has 0 aromatic rings. The van der Waals surface area contributed by atoms with E-state index in [2.05, 4.69) is 43.1 Å². The van der Waals surface area contributed by atoms with Crippen LogP contribution in [0.4, 0.5) is 0 Å². The summed E-state index contributed by atoms with van der Waals surface area (Å²) in [6.07, 6.45) is 3.93. The van der Waals surface area contributed by atoms with E-state index < -0.39 is 0 Å². The first-order valence-electron chi connectivity index (χ1n) is 6.71. The summed E-state index contributed by atoms with van der Waals surface area (Å²) >= 11 is 0. The molecule has 96 valence electrons. The van der Waals surface area contributed by atoms with Crippen molar-refractivity contribution in [1.82, 2.24) is 15.1 Å². The summed E-state index contributed by atoms with van der Waals surface area (Å²) in [5.74, 6) is 0. The van der Waals surface area contributed by atoms with Gasteiger partial charge in [-0.1, -0.05) is 0 Å². The van der Waals surface area contributed by atoms with E-state index in [1.807, 2.05) is 0 Å². The quantitative estimate of drug-likeness (QED) is 0.663. The number of hydrogen-bond donors (Lipinski definition) is 1. The molecule has 1 heterocycles. The van der Waals surface area contributed by atoms with Crippen molar-refractivity contribution in [1.29, 1.82) is 0 Å². The molecule has 0 aromatic heterocycles. The van der Waals surface area contributed by atoms with Crippen LogP contribution < -0.4 is 5.32 Å². The van der Waals surface area contributed by atoms with E-state index in [4.69, 9.17) is 0 Å². The van der Waals surface area contributed by atoms with Crippen molar-refractivity contribution in [3.05, 3.63) is 0 Å². The van der Waals surface area contributed by atoms with Gasteiger partial charge in [0.1, 0.15) is 0 Å². The highest BCUT2D eigenvalue weighted by molar-refractivity contribution is 4.78. The summed E-state index contributed by atoms with van der Waals surface area (Å²) in [5, 5.41) is 3.65. The van der Waals surface area contributed by atoms with Crippen LogP contribution in [0.2, 0.25) is 0 Å². The number of nitrogens with zero attached hydrogens (tertiary/aromatic N) is 2. The molecule has 1 aliphatic heterocycles. The van der Waals surface area contributed by atoms with Crippen LogP contribution in [0.3, 0.4) is 0 Å². The zero-order valence-corrected chi connectivity index (χ0v) is 11.5. The van der Waals surface area contributed by atoms with Crippen molar-refractivity contribution >= 4 is 0 Å². The molecule has 3 heteroatoms. The fourth-order valence-electron chi connectivity index (χ4n) is 2.15. The number of hydrogen-bond acceptors (Lipinski definition) is 3. The van der Waals surface area contributed by atoms with Gasteiger partial charge in [0, 0.05) is 18.6 Å². The predicted molar refractivity (Wildman–Crippen MR) is 70.9 cm³/mol. The van der Waals surface area contributed by atoms with E-state index in [9.17, 15) is 0 Å². The zero-order valence-electron chi connectivity index (χ0n) is 11.5. The second kappa shape index (κ2) is 7.25. The van der Waals surface area contributed by atoms with Crippen LogP contribution in [0.1, 0.15) is 33.1 Å². The van der Waals surface area contributed by atoms with Crippen LogP contribution in [-0.4, -0.2) is 62.2 Å². The molecule has 0 radical (unpaired) electrons. The van der Waals surface area contributed by atoms with Gasteiger partial charge in [-0.3, -0.25) is 0 Å². The summed E-state index contributed by atoms with van der Waals surface area (Å²) in [4.78, 5) is 4.83. The molecule has 1 rings (SSSR count). The Morgan fingerprint density at radius 3 is 2.69 bits per heavy atom. The predicted octanol–water partition coefficient (Wildman–Crippen LogP) is 1.40. The fourth-order valence-corrected chi connectivity index (χ4v) is 2.15. The Bertz CT molecular complexity index is 182. The van der Waals surface area contributed by atoms with Gasteiger partial charge in [-0.05, 0) is 66.8 Å². The average molecular weight is 227 g/mol. The molecule has 1 unspecified atom stereocenters. The van der Waals surface area contributed by atoms with Gasteiger partial charge >= 0.3 is 0 Å². The summed E-state index contributed by atoms with van der Waals surface area (Å²) in [7, 11) is 4.42. The second-order valence-electron chi connectivity index (χ2n) is 5.48. The van der Waals surface area contributed by atoms with Gasteiger partial charge in [0.25, 0.3) is 0 Å². The van der Waals surface area contributed by atoms with Crippen molar-refractivity contribution in [2.45, 2.75) is 45.2 Å². The molecule has 1 N–H and O–H groups in total. The summed E-state index contributed by atoms with van der Waals surface area (Å²) in [6, 6.07) is 1.42. The monoisotopic (exact) mass is 227 g/mol. The van der Waals surface area contributed by atoms with Crippen LogP contribution in [0.15, 0.2) is 0 Å². The van der Waals surface area contributed by atoms with Gasteiger partial charge in [0.05, 0.1) is 0 Å². The van der Waals surface area contributed by atoms with Crippen LogP contribution in [-0.2, 0) is 0 Å². The normalized spacial score (nSPS) is 22.5. The highest BCUT2D eigenvalue weighted by atomic mass is 15.2. The number of likely N-dealkylation sites (tertiary alicyclic amines) is 1. The van der Waals surface area contributed by atoms with E-state index >= 15 is 0 Å². The standard InChI is InChI=1S/C13H29N3/c1-12(2)16(4)9-6-5-8-14-13-7-10-15(3)11-13/h12-14H,5-11H2,1-4H3. The van der Waals surface area contributed by atoms with Crippen molar-refractivity contribution in [2.75, 3.05) is 40.3 Å². The van der Waals surface area contributed by atoms with Crippen molar-refractivity contribution in [2.24, 2.45) is 0 Å². The smallest absolute Gasteiger partial charge is 0.0207 e. The SMILES string of the molecule is CC(C)N(C)CCCCNC1CCN(C)C1. The summed E-state index contributed by atoms with van der Waals surface area (Å²) in [6.45, 7) is 9.41. The molecule has 1 aliphatic rings. The molecule has 0 aliphatic carbocycles. The van der Waals surface area contributed by atoms with Gasteiger partial charge in [-0.25, -0.2) is 0 Å². The van der Waals surface area contributed by atoms with Crippen molar-refractivity contribution in [3.63, 3.8) is 0 Å². The third-order valence-electron chi connectivity index (χ3n) is 3.64. The first-order chi connectivity index (χ1) is 7.59. The first-order valence-corrected chi connectivity index (χ1v) is 6.71. The number of unbranched alkanes of at least 4 members (excludes halogenated alkanes) is 1. The largest absolute Gasteiger partial charge is 0.313 e. The Hall–Kier alpha value is -0.120. The Labute approximate surface area is 101 Å². The lowest BCUT2D eigenvalue weighted by Gasteiger charge is -2.21. The highest BCUT2D eigenvalue weighted by Gasteiger charge is 2.17. The molecule has 0 spiro atoms. The van der Waals surface area contributed by atoms with Crippen molar-refractivity contribution < 1.29 is 0 Å². The Kier molecular flexibility index (Phi) is 6.32. The van der Waals surface area contributed by atoms with Gasteiger partial charge < -0.3 is 15.1 Å². The minimum Gasteiger partial charge on any atom is -0.313 e. The molecule has 3 nitrogen and oxygen atoms in total. The van der Waals surface area contributed by atoms with E-state index in [0.29, 0.717) is 6.04 Å². The minimum atomic E-state index is 0.677. The Morgan fingerprint density at radius 2 is 2.12 bits per heavy atom. The van der Waals surface area contributed by atoms with E-state index in [-0.39, 0.29) is 0 Å². The maximum atomic E-state index is 3.65. The number of rotatable bonds is 7. The molecule has 1 atom stereocenters. The fraction of sp³-hybridized carbons (Fsp3) is 1.00. The van der Waals surface area contributed by atoms with Crippen LogP contribution in [0, 0.1) is 0 Å². The maximum Gasteiger partial charge on any atom is 0.0207 e. The molecule has 0 amide bonds. The molecule has 1 fully saturated rings. The summed E-state index contributed by atoms with van der Waals surface area (Å²) < 4.78 is 0. The molecular weight excluding hydrogens is 198 g/mol. The first kappa shape index (κ1) is 13.9. The zero-order chi connectivity index (χ0) is 12.0. The maximum absolute atomic E-state index is 3.65. The summed E-state index contributed by atoms with van der Waals surface area (Å²) in [5.41, 5.74) is 0. The van der Waals surface area contributed by atoms with Gasteiger partial charge in [0.15, 0.2) is 0 Å². The lowest BCUT2D eigenvalue weighted by Crippen LogP contribution is -2.33. The van der Waals surface area contributed by atoms with E-state index in [1.54, 1.807) is 0 Å². The Morgan fingerprint density at radius 1 is 1.38 bits per heavy atom. The van der Waals surface area contributed by atoms with Gasteiger partial charge in [-0.15, -0.1) is 0 Å². The Balaban J connectivity index is 1.92. The van der Waals surface area contributed by atoms with Crippen LogP contribution in [0.5, 0.6) is 0 Å². The van der Waals surface area contributed by atoms with E-state index in [1.165, 1.54) is 45.4 Å².